The van der Waals surface area contributed by atoms with Gasteiger partial charge in [-0.1, -0.05) is 20.3 Å². The zero-order valence-electron chi connectivity index (χ0n) is 13.7. The minimum atomic E-state index is -0.701. The molecule has 2 fully saturated rings. The molecule has 0 amide bonds. The van der Waals surface area contributed by atoms with Gasteiger partial charge in [-0.3, -0.25) is 9.59 Å². The van der Waals surface area contributed by atoms with E-state index in [1.807, 2.05) is 13.8 Å². The van der Waals surface area contributed by atoms with Gasteiger partial charge in [-0.05, 0) is 62.4 Å². The maximum atomic E-state index is 12.6. The van der Waals surface area contributed by atoms with Gasteiger partial charge in [0.15, 0.2) is 5.76 Å². The highest BCUT2D eigenvalue weighted by atomic mass is 16.4. The third-order valence-electron chi connectivity index (χ3n) is 7.28. The molecular formula is C18H26O4. The first kappa shape index (κ1) is 15.6. The number of Topliss-reactive ketones (excluding diaryl/α,β-unsaturated/α-hetero) is 1. The van der Waals surface area contributed by atoms with E-state index >= 15 is 0 Å². The molecule has 0 radical (unpaired) electrons. The quantitative estimate of drug-likeness (QED) is 0.774. The summed E-state index contributed by atoms with van der Waals surface area (Å²) in [7, 11) is 0. The fourth-order valence-corrected chi connectivity index (χ4v) is 6.00. The first-order valence-electron chi connectivity index (χ1n) is 8.33. The summed E-state index contributed by atoms with van der Waals surface area (Å²) in [5, 5.41) is 19.7. The number of carbonyl (C=O) groups is 2. The lowest BCUT2D eigenvalue weighted by atomic mass is 9.41. The standard InChI is InChI=1S/C18H26O4/c1-16-8-4-9-18(3,15(21)22)13(16)7-10-17(2)12(16)6-5-11(19)14(17)20/h5,12-13,19H,4,6-10H2,1-3H3,(H,21,22)/t12?,13?,16-,17-,18+/m1/s1. The first-order chi connectivity index (χ1) is 10.2. The topological polar surface area (TPSA) is 74.6 Å². The van der Waals surface area contributed by atoms with Crippen LogP contribution in [-0.2, 0) is 9.59 Å². The molecule has 0 aliphatic heterocycles. The predicted molar refractivity (Wildman–Crippen MR) is 82.4 cm³/mol. The molecule has 0 aromatic rings. The van der Waals surface area contributed by atoms with Crippen molar-refractivity contribution < 1.29 is 19.8 Å². The molecule has 22 heavy (non-hydrogen) atoms. The van der Waals surface area contributed by atoms with Crippen LogP contribution in [0.1, 0.15) is 59.3 Å². The van der Waals surface area contributed by atoms with Crippen LogP contribution in [0.2, 0.25) is 0 Å². The molecule has 4 nitrogen and oxygen atoms in total. The molecule has 2 saturated carbocycles. The molecule has 3 rings (SSSR count). The molecule has 122 valence electrons. The van der Waals surface area contributed by atoms with E-state index in [2.05, 4.69) is 6.92 Å². The molecule has 2 unspecified atom stereocenters. The molecule has 0 aromatic heterocycles. The lowest BCUT2D eigenvalue weighted by Crippen LogP contribution is -2.60. The van der Waals surface area contributed by atoms with E-state index in [0.29, 0.717) is 12.8 Å². The van der Waals surface area contributed by atoms with Crippen molar-refractivity contribution >= 4 is 11.8 Å². The molecule has 3 aliphatic carbocycles. The molecule has 0 bridgehead atoms. The Hall–Kier alpha value is -1.32. The van der Waals surface area contributed by atoms with Crippen molar-refractivity contribution in [1.29, 1.82) is 0 Å². The monoisotopic (exact) mass is 306 g/mol. The van der Waals surface area contributed by atoms with Gasteiger partial charge < -0.3 is 10.2 Å². The Morgan fingerprint density at radius 1 is 1.18 bits per heavy atom. The molecule has 0 aromatic carbocycles. The summed E-state index contributed by atoms with van der Waals surface area (Å²) in [5.74, 6) is -0.719. The number of fused-ring (bicyclic) bond motifs is 3. The maximum absolute atomic E-state index is 12.6. The third-order valence-corrected chi connectivity index (χ3v) is 7.28. The van der Waals surface area contributed by atoms with Crippen molar-refractivity contribution in [2.45, 2.75) is 59.3 Å². The highest BCUT2D eigenvalue weighted by Gasteiger charge is 2.63. The van der Waals surface area contributed by atoms with Gasteiger partial charge in [-0.25, -0.2) is 0 Å². The van der Waals surface area contributed by atoms with Crippen LogP contribution in [0, 0.1) is 28.1 Å². The Morgan fingerprint density at radius 3 is 2.50 bits per heavy atom. The summed E-state index contributed by atoms with van der Waals surface area (Å²) in [4.78, 5) is 24.5. The second-order valence-electron chi connectivity index (χ2n) is 8.30. The van der Waals surface area contributed by atoms with Crippen LogP contribution < -0.4 is 0 Å². The summed E-state index contributed by atoms with van der Waals surface area (Å²) >= 11 is 0. The number of hydrogen-bond acceptors (Lipinski definition) is 3. The van der Waals surface area contributed by atoms with E-state index in [0.717, 1.165) is 25.7 Å². The maximum Gasteiger partial charge on any atom is 0.309 e. The van der Waals surface area contributed by atoms with E-state index in [4.69, 9.17) is 0 Å². The average Bonchev–Trinajstić information content (AvgIpc) is 2.43. The van der Waals surface area contributed by atoms with Gasteiger partial charge in [0.05, 0.1) is 5.41 Å². The van der Waals surface area contributed by atoms with Gasteiger partial charge in [0.25, 0.3) is 0 Å². The van der Waals surface area contributed by atoms with E-state index < -0.39 is 16.8 Å². The summed E-state index contributed by atoms with van der Waals surface area (Å²) in [6.45, 7) is 6.04. The minimum Gasteiger partial charge on any atom is -0.505 e. The smallest absolute Gasteiger partial charge is 0.309 e. The highest BCUT2D eigenvalue weighted by Crippen LogP contribution is 2.66. The molecule has 0 saturated heterocycles. The summed E-state index contributed by atoms with van der Waals surface area (Å²) in [6, 6.07) is 0. The summed E-state index contributed by atoms with van der Waals surface area (Å²) < 4.78 is 0. The molecule has 5 atom stereocenters. The van der Waals surface area contributed by atoms with Crippen molar-refractivity contribution in [1.82, 2.24) is 0 Å². The van der Waals surface area contributed by atoms with E-state index in [9.17, 15) is 19.8 Å². The highest BCUT2D eigenvalue weighted by molar-refractivity contribution is 5.98. The van der Waals surface area contributed by atoms with Gasteiger partial charge >= 0.3 is 5.97 Å². The zero-order chi connectivity index (χ0) is 16.3. The van der Waals surface area contributed by atoms with Gasteiger partial charge in [-0.2, -0.15) is 0 Å². The van der Waals surface area contributed by atoms with Crippen LogP contribution in [-0.4, -0.2) is 22.0 Å². The lowest BCUT2D eigenvalue weighted by Gasteiger charge is -2.62. The van der Waals surface area contributed by atoms with Crippen LogP contribution in [0.15, 0.2) is 11.8 Å². The van der Waals surface area contributed by atoms with Crippen molar-refractivity contribution in [3.8, 4) is 0 Å². The molecular weight excluding hydrogens is 280 g/mol. The number of allylic oxidation sites excluding steroid dienone is 2. The normalized spacial score (nSPS) is 48.1. The molecule has 4 heteroatoms. The Bertz CT molecular complexity index is 565. The van der Waals surface area contributed by atoms with Crippen LogP contribution in [0.5, 0.6) is 0 Å². The van der Waals surface area contributed by atoms with Crippen molar-refractivity contribution in [2.75, 3.05) is 0 Å². The number of carboxylic acids is 1. The van der Waals surface area contributed by atoms with Crippen molar-refractivity contribution in [3.05, 3.63) is 11.8 Å². The second kappa shape index (κ2) is 4.59. The number of rotatable bonds is 1. The minimum absolute atomic E-state index is 0.0994. The first-order valence-corrected chi connectivity index (χ1v) is 8.33. The number of aliphatic hydroxyl groups excluding tert-OH is 1. The Balaban J connectivity index is 2.07. The molecule has 2 N–H and O–H groups in total. The summed E-state index contributed by atoms with van der Waals surface area (Å²) in [6.07, 6.45) is 6.35. The fourth-order valence-electron chi connectivity index (χ4n) is 6.00. The van der Waals surface area contributed by atoms with Crippen LogP contribution >= 0.6 is 0 Å². The number of aliphatic hydroxyl groups is 1. The van der Waals surface area contributed by atoms with Gasteiger partial charge in [-0.15, -0.1) is 0 Å². The Labute approximate surface area is 131 Å². The Kier molecular flexibility index (Phi) is 3.25. The van der Waals surface area contributed by atoms with Gasteiger partial charge in [0.2, 0.25) is 5.78 Å². The predicted octanol–water partition coefficient (Wildman–Crippen LogP) is 3.71. The van der Waals surface area contributed by atoms with Gasteiger partial charge in [0.1, 0.15) is 0 Å². The van der Waals surface area contributed by atoms with E-state index in [1.54, 1.807) is 6.08 Å². The van der Waals surface area contributed by atoms with Crippen LogP contribution in [0.4, 0.5) is 0 Å². The Morgan fingerprint density at radius 2 is 1.86 bits per heavy atom. The fraction of sp³-hybridized carbons (Fsp3) is 0.778. The largest absolute Gasteiger partial charge is 0.505 e. The van der Waals surface area contributed by atoms with E-state index in [1.165, 1.54) is 0 Å². The molecule has 0 spiro atoms. The number of ketones is 1. The third kappa shape index (κ3) is 1.76. The summed E-state index contributed by atoms with van der Waals surface area (Å²) in [5.41, 5.74) is -1.38. The number of carbonyl (C=O) groups excluding carboxylic acids is 1. The van der Waals surface area contributed by atoms with Crippen LogP contribution in [0.3, 0.4) is 0 Å². The van der Waals surface area contributed by atoms with Crippen molar-refractivity contribution in [2.24, 2.45) is 28.1 Å². The van der Waals surface area contributed by atoms with Gasteiger partial charge in [0, 0.05) is 5.41 Å². The average molecular weight is 306 g/mol. The van der Waals surface area contributed by atoms with Crippen molar-refractivity contribution in [3.63, 3.8) is 0 Å². The zero-order valence-corrected chi connectivity index (χ0v) is 13.7. The molecule has 0 heterocycles. The number of carboxylic acid groups (broad SMARTS) is 1. The SMILES string of the molecule is C[C@]12CCC[C@](C)(C(=O)O)C1CC[C@@]1(C)C(=O)C(O)=CCC21. The van der Waals surface area contributed by atoms with E-state index in [-0.39, 0.29) is 28.8 Å². The van der Waals surface area contributed by atoms with Crippen LogP contribution in [0.25, 0.3) is 0 Å². The molecule has 3 aliphatic rings. The number of aliphatic carboxylic acids is 1. The number of hydrogen-bond donors (Lipinski definition) is 2. The lowest BCUT2D eigenvalue weighted by molar-refractivity contribution is -0.179. The second-order valence-corrected chi connectivity index (χ2v) is 8.30.